The van der Waals surface area contributed by atoms with Gasteiger partial charge in [0.25, 0.3) is 0 Å². The highest BCUT2D eigenvalue weighted by Gasteiger charge is 2.17. The minimum Gasteiger partial charge on any atom is -0.480 e. The Morgan fingerprint density at radius 2 is 2.12 bits per heavy atom. The van der Waals surface area contributed by atoms with Crippen molar-refractivity contribution in [3.63, 3.8) is 0 Å². The molecule has 0 radical (unpaired) electrons. The molecule has 17 heavy (non-hydrogen) atoms. The topological polar surface area (TPSA) is 52.6 Å². The number of carboxylic acid groups (broad SMARTS) is 1. The van der Waals surface area contributed by atoms with Gasteiger partial charge in [-0.15, -0.1) is 0 Å². The molecule has 0 fully saturated rings. The van der Waals surface area contributed by atoms with Crippen LogP contribution in [0.15, 0.2) is 18.2 Å². The van der Waals surface area contributed by atoms with E-state index in [1.807, 2.05) is 0 Å². The Kier molecular flexibility index (Phi) is 4.39. The Balaban J connectivity index is 2.78. The van der Waals surface area contributed by atoms with Gasteiger partial charge in [-0.05, 0) is 19.2 Å². The number of benzene rings is 1. The van der Waals surface area contributed by atoms with Gasteiger partial charge in [0.2, 0.25) is 0 Å². The van der Waals surface area contributed by atoms with Crippen molar-refractivity contribution in [1.82, 2.24) is 5.32 Å². The van der Waals surface area contributed by atoms with Gasteiger partial charge in [-0.3, -0.25) is 4.79 Å². The zero-order valence-corrected chi connectivity index (χ0v) is 9.58. The molecule has 0 saturated carbocycles. The number of carbonyl (C=O) groups is 1. The molecule has 1 atom stereocenters. The molecule has 94 valence electrons. The second-order valence-corrected chi connectivity index (χ2v) is 3.66. The molecule has 0 saturated heterocycles. The number of hydrogen-bond donors (Lipinski definition) is 2. The molecule has 0 spiro atoms. The van der Waals surface area contributed by atoms with E-state index in [4.69, 9.17) is 5.11 Å². The van der Waals surface area contributed by atoms with Crippen molar-refractivity contribution in [2.24, 2.45) is 0 Å². The maximum atomic E-state index is 13.0. The second kappa shape index (κ2) is 5.58. The van der Waals surface area contributed by atoms with Crippen LogP contribution in [0.4, 0.5) is 14.5 Å². The van der Waals surface area contributed by atoms with Crippen molar-refractivity contribution >= 4 is 11.7 Å². The van der Waals surface area contributed by atoms with E-state index >= 15 is 0 Å². The molecule has 0 aliphatic carbocycles. The fourth-order valence-corrected chi connectivity index (χ4v) is 1.39. The molecule has 0 aliphatic rings. The van der Waals surface area contributed by atoms with E-state index in [0.717, 1.165) is 12.1 Å². The van der Waals surface area contributed by atoms with Crippen LogP contribution in [0.1, 0.15) is 0 Å². The monoisotopic (exact) mass is 244 g/mol. The summed E-state index contributed by atoms with van der Waals surface area (Å²) >= 11 is 0. The summed E-state index contributed by atoms with van der Waals surface area (Å²) in [5.41, 5.74) is 0.422. The van der Waals surface area contributed by atoms with E-state index in [-0.39, 0.29) is 6.54 Å². The number of rotatable bonds is 5. The standard InChI is InChI=1S/C11H14F2N2O2/c1-14-10(11(16)17)6-15(2)7-3-4-8(12)9(13)5-7/h3-5,10,14H,6H2,1-2H3,(H,16,17). The molecule has 1 unspecified atom stereocenters. The number of anilines is 1. The molecule has 6 heteroatoms. The third kappa shape index (κ3) is 3.39. The quantitative estimate of drug-likeness (QED) is 0.813. The average molecular weight is 244 g/mol. The summed E-state index contributed by atoms with van der Waals surface area (Å²) in [6.45, 7) is 0.150. The molecule has 0 heterocycles. The van der Waals surface area contributed by atoms with E-state index in [1.165, 1.54) is 18.0 Å². The lowest BCUT2D eigenvalue weighted by Gasteiger charge is -2.23. The van der Waals surface area contributed by atoms with Crippen LogP contribution in [0, 0.1) is 11.6 Å². The summed E-state index contributed by atoms with van der Waals surface area (Å²) in [7, 11) is 3.14. The number of likely N-dealkylation sites (N-methyl/N-ethyl adjacent to an activating group) is 2. The zero-order chi connectivity index (χ0) is 13.0. The van der Waals surface area contributed by atoms with E-state index in [0.29, 0.717) is 5.69 Å². The molecule has 1 aromatic carbocycles. The molecule has 1 aromatic rings. The van der Waals surface area contributed by atoms with Gasteiger partial charge >= 0.3 is 5.97 Å². The minimum absolute atomic E-state index is 0.150. The first-order chi connectivity index (χ1) is 7.95. The summed E-state index contributed by atoms with van der Waals surface area (Å²) in [4.78, 5) is 12.3. The molecule has 0 aromatic heterocycles. The SMILES string of the molecule is CNC(CN(C)c1ccc(F)c(F)c1)C(=O)O. The number of hydrogen-bond acceptors (Lipinski definition) is 3. The maximum Gasteiger partial charge on any atom is 0.322 e. The molecular formula is C11H14F2N2O2. The van der Waals surface area contributed by atoms with Gasteiger partial charge in [-0.25, -0.2) is 8.78 Å². The fraction of sp³-hybridized carbons (Fsp3) is 0.364. The van der Waals surface area contributed by atoms with Crippen molar-refractivity contribution in [3.05, 3.63) is 29.8 Å². The Bertz CT molecular complexity index is 412. The predicted octanol–water partition coefficient (Wildman–Crippen LogP) is 1.07. The molecule has 1 rings (SSSR count). The second-order valence-electron chi connectivity index (χ2n) is 3.66. The number of nitrogens with one attached hydrogen (secondary N) is 1. The summed E-state index contributed by atoms with van der Waals surface area (Å²) in [5, 5.41) is 11.5. The minimum atomic E-state index is -0.998. The van der Waals surface area contributed by atoms with E-state index in [2.05, 4.69) is 5.32 Å². The molecule has 0 amide bonds. The van der Waals surface area contributed by atoms with Crippen molar-refractivity contribution < 1.29 is 18.7 Å². The number of halogens is 2. The third-order valence-electron chi connectivity index (χ3n) is 2.45. The lowest BCUT2D eigenvalue weighted by Crippen LogP contribution is -2.43. The van der Waals surface area contributed by atoms with Gasteiger partial charge in [0, 0.05) is 25.3 Å². The largest absolute Gasteiger partial charge is 0.480 e. The molecule has 0 aliphatic heterocycles. The van der Waals surface area contributed by atoms with Gasteiger partial charge < -0.3 is 15.3 Å². The van der Waals surface area contributed by atoms with Gasteiger partial charge in [-0.1, -0.05) is 0 Å². The van der Waals surface area contributed by atoms with E-state index in [1.54, 1.807) is 7.05 Å². The Morgan fingerprint density at radius 1 is 1.47 bits per heavy atom. The summed E-state index contributed by atoms with van der Waals surface area (Å²) < 4.78 is 25.7. The Labute approximate surface area is 97.9 Å². The highest BCUT2D eigenvalue weighted by atomic mass is 19.2. The first kappa shape index (κ1) is 13.4. The van der Waals surface area contributed by atoms with Gasteiger partial charge in [-0.2, -0.15) is 0 Å². The summed E-state index contributed by atoms with van der Waals surface area (Å²) in [6, 6.07) is 2.67. The molecular weight excluding hydrogens is 230 g/mol. The van der Waals surface area contributed by atoms with Crippen LogP contribution in [0.3, 0.4) is 0 Å². The maximum absolute atomic E-state index is 13.0. The van der Waals surface area contributed by atoms with Crippen LogP contribution in [0.25, 0.3) is 0 Å². The zero-order valence-electron chi connectivity index (χ0n) is 9.58. The van der Waals surface area contributed by atoms with Crippen molar-refractivity contribution in [2.75, 3.05) is 25.5 Å². The first-order valence-electron chi connectivity index (χ1n) is 5.02. The van der Waals surface area contributed by atoms with E-state index in [9.17, 15) is 13.6 Å². The predicted molar refractivity (Wildman–Crippen MR) is 60.1 cm³/mol. The fourth-order valence-electron chi connectivity index (χ4n) is 1.39. The van der Waals surface area contributed by atoms with Crippen LogP contribution < -0.4 is 10.2 Å². The summed E-state index contributed by atoms with van der Waals surface area (Å²) in [5.74, 6) is -2.88. The molecule has 2 N–H and O–H groups in total. The van der Waals surface area contributed by atoms with Gasteiger partial charge in [0.05, 0.1) is 0 Å². The number of carboxylic acids is 1. The number of aliphatic carboxylic acids is 1. The van der Waals surface area contributed by atoms with Crippen LogP contribution in [-0.2, 0) is 4.79 Å². The van der Waals surface area contributed by atoms with Crippen LogP contribution in [0.2, 0.25) is 0 Å². The van der Waals surface area contributed by atoms with E-state index < -0.39 is 23.6 Å². The van der Waals surface area contributed by atoms with Gasteiger partial charge in [0.1, 0.15) is 6.04 Å². The lowest BCUT2D eigenvalue weighted by molar-refractivity contribution is -0.139. The molecule has 4 nitrogen and oxygen atoms in total. The van der Waals surface area contributed by atoms with Gasteiger partial charge in [0.15, 0.2) is 11.6 Å². The Hall–Kier alpha value is -1.69. The highest BCUT2D eigenvalue weighted by molar-refractivity contribution is 5.74. The van der Waals surface area contributed by atoms with Crippen molar-refractivity contribution in [1.29, 1.82) is 0 Å². The summed E-state index contributed by atoms with van der Waals surface area (Å²) in [6.07, 6.45) is 0. The van der Waals surface area contributed by atoms with Crippen molar-refractivity contribution in [3.8, 4) is 0 Å². The molecule has 0 bridgehead atoms. The highest BCUT2D eigenvalue weighted by Crippen LogP contribution is 2.16. The smallest absolute Gasteiger partial charge is 0.322 e. The average Bonchev–Trinajstić information content (AvgIpc) is 2.28. The first-order valence-corrected chi connectivity index (χ1v) is 5.02. The van der Waals surface area contributed by atoms with Crippen molar-refractivity contribution in [2.45, 2.75) is 6.04 Å². The van der Waals surface area contributed by atoms with Crippen LogP contribution in [0.5, 0.6) is 0 Å². The lowest BCUT2D eigenvalue weighted by atomic mass is 10.2. The van der Waals surface area contributed by atoms with Crippen LogP contribution in [-0.4, -0.2) is 37.8 Å². The Morgan fingerprint density at radius 3 is 2.59 bits per heavy atom. The normalized spacial score (nSPS) is 12.2. The third-order valence-corrected chi connectivity index (χ3v) is 2.45. The van der Waals surface area contributed by atoms with Crippen LogP contribution >= 0.6 is 0 Å². The number of nitrogens with zero attached hydrogens (tertiary/aromatic N) is 1.